The Morgan fingerprint density at radius 2 is 1.95 bits per heavy atom. The number of carbonyl (C=O) groups is 1. The molecule has 106 valence electrons. The van der Waals surface area contributed by atoms with Crippen LogP contribution in [0.2, 0.25) is 0 Å². The molecule has 1 aromatic heterocycles. The van der Waals surface area contributed by atoms with Crippen molar-refractivity contribution in [1.82, 2.24) is 0 Å². The van der Waals surface area contributed by atoms with Crippen LogP contribution in [0.1, 0.15) is 24.3 Å². The van der Waals surface area contributed by atoms with Crippen LogP contribution in [0.3, 0.4) is 0 Å². The largest absolute Gasteiger partial charge is 0.453 e. The lowest BCUT2D eigenvalue weighted by molar-refractivity contribution is 0.187. The van der Waals surface area contributed by atoms with Crippen LogP contribution in [0, 0.1) is 0 Å². The molecule has 1 atom stereocenters. The van der Waals surface area contributed by atoms with Crippen LogP contribution >= 0.6 is 11.3 Å². The van der Waals surface area contributed by atoms with E-state index >= 15 is 0 Å². The predicted molar refractivity (Wildman–Crippen MR) is 83.4 cm³/mol. The molecule has 1 heterocycles. The van der Waals surface area contributed by atoms with Gasteiger partial charge in [0.05, 0.1) is 13.2 Å². The molecule has 0 aliphatic carbocycles. The van der Waals surface area contributed by atoms with Crippen LogP contribution < -0.4 is 10.6 Å². The molecule has 0 radical (unpaired) electrons. The number of methoxy groups -OCH3 is 1. The smallest absolute Gasteiger partial charge is 0.411 e. The average molecular weight is 290 g/mol. The minimum absolute atomic E-state index is 0.314. The molecule has 0 aliphatic heterocycles. The molecule has 0 fully saturated rings. The van der Waals surface area contributed by atoms with Crippen molar-refractivity contribution in [2.24, 2.45) is 0 Å². The summed E-state index contributed by atoms with van der Waals surface area (Å²) >= 11 is 1.75. The Bertz CT molecular complexity index is 538. The molecule has 2 N–H and O–H groups in total. The van der Waals surface area contributed by atoms with E-state index in [1.165, 1.54) is 12.0 Å². The summed E-state index contributed by atoms with van der Waals surface area (Å²) in [7, 11) is 1.35. The zero-order valence-corrected chi connectivity index (χ0v) is 12.4. The fourth-order valence-corrected chi connectivity index (χ4v) is 2.75. The summed E-state index contributed by atoms with van der Waals surface area (Å²) in [5.74, 6) is 0. The molecule has 20 heavy (non-hydrogen) atoms. The van der Waals surface area contributed by atoms with Gasteiger partial charge in [0, 0.05) is 16.3 Å². The number of benzene rings is 1. The lowest BCUT2D eigenvalue weighted by Crippen LogP contribution is -2.11. The molecule has 0 bridgehead atoms. The molecule has 0 spiro atoms. The standard InChI is InChI=1S/C15H18N2O2S/c1-3-13(14-5-4-10-20-14)16-11-6-8-12(9-7-11)17-15(18)19-2/h4-10,13,16H,3H2,1-2H3,(H,17,18). The van der Waals surface area contributed by atoms with Crippen LogP contribution in [-0.2, 0) is 4.74 Å². The third-order valence-electron chi connectivity index (χ3n) is 2.95. The van der Waals surface area contributed by atoms with Crippen LogP contribution in [0.4, 0.5) is 16.2 Å². The number of nitrogens with one attached hydrogen (secondary N) is 2. The van der Waals surface area contributed by atoms with Gasteiger partial charge in [-0.05, 0) is 42.1 Å². The van der Waals surface area contributed by atoms with Gasteiger partial charge in [-0.25, -0.2) is 4.79 Å². The lowest BCUT2D eigenvalue weighted by atomic mass is 10.1. The minimum Gasteiger partial charge on any atom is -0.453 e. The highest BCUT2D eigenvalue weighted by Gasteiger charge is 2.10. The van der Waals surface area contributed by atoms with Crippen molar-refractivity contribution in [3.63, 3.8) is 0 Å². The van der Waals surface area contributed by atoms with E-state index in [0.29, 0.717) is 11.7 Å². The Labute approximate surface area is 122 Å². The molecule has 1 amide bonds. The van der Waals surface area contributed by atoms with E-state index in [0.717, 1.165) is 12.1 Å². The summed E-state index contributed by atoms with van der Waals surface area (Å²) in [5, 5.41) is 8.21. The number of anilines is 2. The molecule has 4 nitrogen and oxygen atoms in total. The van der Waals surface area contributed by atoms with Crippen molar-refractivity contribution in [3.8, 4) is 0 Å². The van der Waals surface area contributed by atoms with E-state index in [1.807, 2.05) is 24.3 Å². The highest BCUT2D eigenvalue weighted by Crippen LogP contribution is 2.26. The third-order valence-corrected chi connectivity index (χ3v) is 3.94. The fraction of sp³-hybridized carbons (Fsp3) is 0.267. The van der Waals surface area contributed by atoms with Crippen LogP contribution in [-0.4, -0.2) is 13.2 Å². The van der Waals surface area contributed by atoms with E-state index in [1.54, 1.807) is 11.3 Å². The molecule has 0 aliphatic rings. The third kappa shape index (κ3) is 3.74. The first-order valence-corrected chi connectivity index (χ1v) is 7.36. The lowest BCUT2D eigenvalue weighted by Gasteiger charge is -2.17. The van der Waals surface area contributed by atoms with E-state index < -0.39 is 6.09 Å². The Kier molecular flexibility index (Phi) is 5.01. The van der Waals surface area contributed by atoms with Gasteiger partial charge in [-0.1, -0.05) is 13.0 Å². The maximum absolute atomic E-state index is 11.1. The molecular formula is C15H18N2O2S. The second kappa shape index (κ2) is 6.96. The quantitative estimate of drug-likeness (QED) is 0.853. The Morgan fingerprint density at radius 3 is 2.50 bits per heavy atom. The Balaban J connectivity index is 2.01. The Hall–Kier alpha value is -2.01. The summed E-state index contributed by atoms with van der Waals surface area (Å²) in [5.41, 5.74) is 1.74. The summed E-state index contributed by atoms with van der Waals surface area (Å²) < 4.78 is 4.55. The van der Waals surface area contributed by atoms with Crippen molar-refractivity contribution < 1.29 is 9.53 Å². The Morgan fingerprint density at radius 1 is 1.25 bits per heavy atom. The van der Waals surface area contributed by atoms with E-state index in [2.05, 4.69) is 39.8 Å². The average Bonchev–Trinajstić information content (AvgIpc) is 3.00. The normalized spacial score (nSPS) is 11.7. The zero-order valence-electron chi connectivity index (χ0n) is 11.6. The molecule has 0 saturated carbocycles. The van der Waals surface area contributed by atoms with Gasteiger partial charge >= 0.3 is 6.09 Å². The SMILES string of the molecule is CCC(Nc1ccc(NC(=O)OC)cc1)c1cccs1. The van der Waals surface area contributed by atoms with Crippen molar-refractivity contribution >= 4 is 28.8 Å². The monoisotopic (exact) mass is 290 g/mol. The maximum atomic E-state index is 11.1. The maximum Gasteiger partial charge on any atom is 0.411 e. The minimum atomic E-state index is -0.462. The predicted octanol–water partition coefficient (Wildman–Crippen LogP) is 4.49. The number of hydrogen-bond acceptors (Lipinski definition) is 4. The van der Waals surface area contributed by atoms with Crippen molar-refractivity contribution in [2.45, 2.75) is 19.4 Å². The van der Waals surface area contributed by atoms with Crippen molar-refractivity contribution in [2.75, 3.05) is 17.7 Å². The van der Waals surface area contributed by atoms with Gasteiger partial charge in [-0.2, -0.15) is 0 Å². The van der Waals surface area contributed by atoms with Crippen molar-refractivity contribution in [1.29, 1.82) is 0 Å². The molecule has 0 saturated heterocycles. The molecular weight excluding hydrogens is 272 g/mol. The van der Waals surface area contributed by atoms with Gasteiger partial charge in [0.1, 0.15) is 0 Å². The first kappa shape index (κ1) is 14.4. The van der Waals surface area contributed by atoms with Crippen LogP contribution in [0.15, 0.2) is 41.8 Å². The number of thiophene rings is 1. The van der Waals surface area contributed by atoms with Gasteiger partial charge < -0.3 is 10.1 Å². The zero-order chi connectivity index (χ0) is 14.4. The van der Waals surface area contributed by atoms with Crippen LogP contribution in [0.25, 0.3) is 0 Å². The van der Waals surface area contributed by atoms with Gasteiger partial charge in [-0.15, -0.1) is 11.3 Å². The molecule has 5 heteroatoms. The van der Waals surface area contributed by atoms with Gasteiger partial charge in [-0.3, -0.25) is 5.32 Å². The van der Waals surface area contributed by atoms with Crippen molar-refractivity contribution in [3.05, 3.63) is 46.7 Å². The fourth-order valence-electron chi connectivity index (χ4n) is 1.88. The number of rotatable bonds is 5. The van der Waals surface area contributed by atoms with Crippen LogP contribution in [0.5, 0.6) is 0 Å². The highest BCUT2D eigenvalue weighted by atomic mass is 32.1. The molecule has 2 aromatic rings. The van der Waals surface area contributed by atoms with E-state index in [-0.39, 0.29) is 0 Å². The van der Waals surface area contributed by atoms with Gasteiger partial charge in [0.25, 0.3) is 0 Å². The first-order valence-electron chi connectivity index (χ1n) is 6.48. The highest BCUT2D eigenvalue weighted by molar-refractivity contribution is 7.10. The molecule has 1 unspecified atom stereocenters. The number of ether oxygens (including phenoxy) is 1. The first-order chi connectivity index (χ1) is 9.72. The second-order valence-corrected chi connectivity index (χ2v) is 5.29. The summed E-state index contributed by atoms with van der Waals surface area (Å²) in [6.45, 7) is 2.16. The molecule has 1 aromatic carbocycles. The number of amides is 1. The number of carbonyl (C=O) groups excluding carboxylic acids is 1. The van der Waals surface area contributed by atoms with E-state index in [4.69, 9.17) is 0 Å². The topological polar surface area (TPSA) is 50.4 Å². The second-order valence-electron chi connectivity index (χ2n) is 4.31. The summed E-state index contributed by atoms with van der Waals surface area (Å²) in [4.78, 5) is 12.4. The summed E-state index contributed by atoms with van der Waals surface area (Å²) in [6, 6.07) is 12.1. The van der Waals surface area contributed by atoms with Gasteiger partial charge in [0.2, 0.25) is 0 Å². The molecule has 2 rings (SSSR count). The van der Waals surface area contributed by atoms with E-state index in [9.17, 15) is 4.79 Å². The summed E-state index contributed by atoms with van der Waals surface area (Å²) in [6.07, 6.45) is 0.554. The number of hydrogen-bond donors (Lipinski definition) is 2. The van der Waals surface area contributed by atoms with Gasteiger partial charge in [0.15, 0.2) is 0 Å².